The van der Waals surface area contributed by atoms with E-state index in [0.29, 0.717) is 30.0 Å². The maximum atomic E-state index is 13.0. The van der Waals surface area contributed by atoms with Crippen molar-refractivity contribution in [3.8, 4) is 5.75 Å². The second-order valence-electron chi connectivity index (χ2n) is 6.64. The molecule has 0 fully saturated rings. The van der Waals surface area contributed by atoms with Crippen molar-refractivity contribution in [2.45, 2.75) is 38.6 Å². The molecule has 0 aliphatic carbocycles. The number of rotatable bonds is 10. The Labute approximate surface area is 169 Å². The van der Waals surface area contributed by atoms with Crippen LogP contribution in [0, 0.1) is 0 Å². The van der Waals surface area contributed by atoms with Crippen molar-refractivity contribution in [2.24, 2.45) is 0 Å². The number of carbonyl (C=O) groups excluding carboxylic acids is 1. The number of benzene rings is 2. The Hall–Kier alpha value is -2.38. The first-order valence-corrected chi connectivity index (χ1v) is 9.45. The van der Waals surface area contributed by atoms with Crippen LogP contribution in [0.3, 0.4) is 0 Å². The van der Waals surface area contributed by atoms with E-state index in [0.717, 1.165) is 12.1 Å². The van der Waals surface area contributed by atoms with Gasteiger partial charge in [0.2, 0.25) is 0 Å². The lowest BCUT2D eigenvalue weighted by Crippen LogP contribution is -2.35. The second kappa shape index (κ2) is 10.4. The summed E-state index contributed by atoms with van der Waals surface area (Å²) in [5.41, 5.74) is 0.323. The van der Waals surface area contributed by atoms with Gasteiger partial charge in [0.05, 0.1) is 18.8 Å². The molecule has 2 aromatic carbocycles. The third-order valence-corrected chi connectivity index (χ3v) is 4.57. The molecule has 0 heterocycles. The van der Waals surface area contributed by atoms with E-state index in [1.807, 2.05) is 6.92 Å². The molecule has 0 aliphatic heterocycles. The number of Topliss-reactive ketones (excluding diaryl/α,β-unsaturated/α-hetero) is 1. The third-order valence-electron chi connectivity index (χ3n) is 4.57. The largest absolute Gasteiger partial charge is 0.497 e. The first-order valence-electron chi connectivity index (χ1n) is 9.45. The minimum absolute atomic E-state index is 0.0284. The Morgan fingerprint density at radius 3 is 2.41 bits per heavy atom. The summed E-state index contributed by atoms with van der Waals surface area (Å²) in [4.78, 5) is 12.3. The van der Waals surface area contributed by atoms with E-state index in [1.54, 1.807) is 44.4 Å². The number of ether oxygens (including phenoxy) is 2. The molecule has 2 atom stereocenters. The number of hydrogen-bond acceptors (Lipinski definition) is 4. The molecule has 2 rings (SSSR count). The predicted molar refractivity (Wildman–Crippen MR) is 105 cm³/mol. The van der Waals surface area contributed by atoms with Crippen molar-refractivity contribution in [1.29, 1.82) is 0 Å². The van der Waals surface area contributed by atoms with E-state index in [2.05, 4.69) is 5.32 Å². The lowest BCUT2D eigenvalue weighted by molar-refractivity contribution is -0.137. The number of alkyl halides is 3. The summed E-state index contributed by atoms with van der Waals surface area (Å²) >= 11 is 0. The van der Waals surface area contributed by atoms with Crippen molar-refractivity contribution >= 4 is 5.78 Å². The first kappa shape index (κ1) is 22.9. The summed E-state index contributed by atoms with van der Waals surface area (Å²) in [6.07, 6.45) is -4.70. The highest BCUT2D eigenvalue weighted by Gasteiger charge is 2.31. The van der Waals surface area contributed by atoms with E-state index < -0.39 is 17.8 Å². The van der Waals surface area contributed by atoms with Crippen LogP contribution in [0.25, 0.3) is 0 Å². The molecule has 0 saturated heterocycles. The lowest BCUT2D eigenvalue weighted by atomic mass is 10.00. The Kier molecular flexibility index (Phi) is 8.22. The molecule has 0 bridgehead atoms. The molecule has 0 amide bonds. The number of nitrogens with one attached hydrogen (secondary N) is 1. The van der Waals surface area contributed by atoms with Gasteiger partial charge in [-0.25, -0.2) is 0 Å². The van der Waals surface area contributed by atoms with E-state index >= 15 is 0 Å². The molecule has 0 aliphatic rings. The fourth-order valence-electron chi connectivity index (χ4n) is 3.04. The Morgan fingerprint density at radius 2 is 1.83 bits per heavy atom. The van der Waals surface area contributed by atoms with Crippen LogP contribution in [0.1, 0.15) is 47.9 Å². The van der Waals surface area contributed by atoms with Gasteiger partial charge in [0.25, 0.3) is 0 Å². The second-order valence-corrected chi connectivity index (χ2v) is 6.64. The highest BCUT2D eigenvalue weighted by Crippen LogP contribution is 2.32. The first-order chi connectivity index (χ1) is 13.8. The maximum Gasteiger partial charge on any atom is 0.416 e. The van der Waals surface area contributed by atoms with Crippen LogP contribution >= 0.6 is 0 Å². The van der Waals surface area contributed by atoms with Gasteiger partial charge in [-0.15, -0.1) is 0 Å². The van der Waals surface area contributed by atoms with Gasteiger partial charge in [0.1, 0.15) is 5.75 Å². The van der Waals surface area contributed by atoms with Crippen LogP contribution < -0.4 is 10.1 Å². The molecule has 4 nitrogen and oxygen atoms in total. The monoisotopic (exact) mass is 409 g/mol. The fraction of sp³-hybridized carbons (Fsp3) is 0.409. The Morgan fingerprint density at radius 1 is 1.14 bits per heavy atom. The topological polar surface area (TPSA) is 47.6 Å². The summed E-state index contributed by atoms with van der Waals surface area (Å²) in [6.45, 7) is 4.37. The highest BCUT2D eigenvalue weighted by molar-refractivity contribution is 5.96. The van der Waals surface area contributed by atoms with Gasteiger partial charge in [-0.1, -0.05) is 12.1 Å². The summed E-state index contributed by atoms with van der Waals surface area (Å²) in [7, 11) is 1.56. The van der Waals surface area contributed by atoms with Gasteiger partial charge >= 0.3 is 6.18 Å². The molecule has 1 N–H and O–H groups in total. The molecule has 0 saturated carbocycles. The lowest BCUT2D eigenvalue weighted by Gasteiger charge is -2.26. The van der Waals surface area contributed by atoms with Crippen LogP contribution in [0.4, 0.5) is 13.2 Å². The minimum atomic E-state index is -4.41. The van der Waals surface area contributed by atoms with Crippen LogP contribution in [-0.4, -0.2) is 32.1 Å². The molecule has 2 aromatic rings. The number of methoxy groups -OCH3 is 1. The molecular formula is C22H26F3NO3. The van der Waals surface area contributed by atoms with Gasteiger partial charge in [-0.3, -0.25) is 4.79 Å². The molecule has 0 radical (unpaired) electrons. The molecule has 0 aromatic heterocycles. The van der Waals surface area contributed by atoms with Gasteiger partial charge in [0.15, 0.2) is 5.78 Å². The van der Waals surface area contributed by atoms with Crippen LogP contribution in [0.2, 0.25) is 0 Å². The summed E-state index contributed by atoms with van der Waals surface area (Å²) in [5.74, 6) is 0.647. The average molecular weight is 409 g/mol. The van der Waals surface area contributed by atoms with E-state index in [-0.39, 0.29) is 18.2 Å². The van der Waals surface area contributed by atoms with Crippen molar-refractivity contribution in [1.82, 2.24) is 5.32 Å². The van der Waals surface area contributed by atoms with Crippen LogP contribution in [0.5, 0.6) is 5.75 Å². The molecule has 158 valence electrons. The van der Waals surface area contributed by atoms with Gasteiger partial charge in [-0.05, 0) is 55.8 Å². The zero-order chi connectivity index (χ0) is 21.4. The quantitative estimate of drug-likeness (QED) is 0.559. The van der Waals surface area contributed by atoms with Gasteiger partial charge < -0.3 is 14.8 Å². The Balaban J connectivity index is 1.98. The van der Waals surface area contributed by atoms with E-state index in [1.165, 1.54) is 6.07 Å². The summed E-state index contributed by atoms with van der Waals surface area (Å²) in [6, 6.07) is 11.7. The zero-order valence-electron chi connectivity index (χ0n) is 16.8. The van der Waals surface area contributed by atoms with Crippen LogP contribution in [0.15, 0.2) is 48.5 Å². The molecule has 7 heteroatoms. The SMILES string of the molecule is CCOC(c1cccc(C(F)(F)F)c1)C(C)NCCC(=O)c1ccc(OC)cc1. The van der Waals surface area contributed by atoms with Crippen molar-refractivity contribution < 1.29 is 27.4 Å². The van der Waals surface area contributed by atoms with Gasteiger partial charge in [-0.2, -0.15) is 13.2 Å². The standard InChI is InChI=1S/C22H26F3NO3/c1-4-29-21(17-6-5-7-18(14-17)22(23,24)25)15(2)26-13-12-20(27)16-8-10-19(28-3)11-9-16/h5-11,14-15,21,26H,4,12-13H2,1-3H3. The van der Waals surface area contributed by atoms with Crippen molar-refractivity contribution in [3.63, 3.8) is 0 Å². The highest BCUT2D eigenvalue weighted by atomic mass is 19.4. The minimum Gasteiger partial charge on any atom is -0.497 e. The van der Waals surface area contributed by atoms with Crippen LogP contribution in [-0.2, 0) is 10.9 Å². The molecule has 29 heavy (non-hydrogen) atoms. The third kappa shape index (κ3) is 6.58. The maximum absolute atomic E-state index is 13.0. The smallest absolute Gasteiger partial charge is 0.416 e. The Bertz CT molecular complexity index is 791. The summed E-state index contributed by atoms with van der Waals surface area (Å²) in [5, 5.41) is 3.20. The summed E-state index contributed by atoms with van der Waals surface area (Å²) < 4.78 is 49.8. The van der Waals surface area contributed by atoms with Gasteiger partial charge in [0, 0.05) is 31.2 Å². The molecular weight excluding hydrogens is 383 g/mol. The normalized spacial score (nSPS) is 13.7. The fourth-order valence-corrected chi connectivity index (χ4v) is 3.04. The van der Waals surface area contributed by atoms with E-state index in [4.69, 9.17) is 9.47 Å². The predicted octanol–water partition coefficient (Wildman–Crippen LogP) is 5.04. The zero-order valence-corrected chi connectivity index (χ0v) is 16.8. The number of ketones is 1. The molecule has 2 unspecified atom stereocenters. The number of carbonyl (C=O) groups is 1. The number of halogens is 3. The average Bonchev–Trinajstić information content (AvgIpc) is 2.71. The van der Waals surface area contributed by atoms with Crippen molar-refractivity contribution in [2.75, 3.05) is 20.3 Å². The number of hydrogen-bond donors (Lipinski definition) is 1. The van der Waals surface area contributed by atoms with Crippen molar-refractivity contribution in [3.05, 3.63) is 65.2 Å². The molecule has 0 spiro atoms. The van der Waals surface area contributed by atoms with E-state index in [9.17, 15) is 18.0 Å².